The molecule has 0 aliphatic heterocycles. The van der Waals surface area contributed by atoms with Gasteiger partial charge in [0.15, 0.2) is 0 Å². The Morgan fingerprint density at radius 1 is 1.16 bits per heavy atom. The second-order valence-corrected chi connectivity index (χ2v) is 6.29. The molecule has 1 atom stereocenters. The molecule has 0 aliphatic rings. The van der Waals surface area contributed by atoms with E-state index in [9.17, 15) is 9.90 Å². The number of hydrogen-bond donors (Lipinski definition) is 3. The average Bonchev–Trinajstić information content (AvgIpc) is 3.19. The van der Waals surface area contributed by atoms with E-state index in [1.54, 1.807) is 26.0 Å². The number of urea groups is 1. The Balaban J connectivity index is 1.45. The van der Waals surface area contributed by atoms with Crippen LogP contribution >= 0.6 is 0 Å². The van der Waals surface area contributed by atoms with Crippen molar-refractivity contribution in [1.29, 1.82) is 0 Å². The van der Waals surface area contributed by atoms with E-state index in [1.807, 2.05) is 30.3 Å². The van der Waals surface area contributed by atoms with E-state index < -0.39 is 5.60 Å². The maximum absolute atomic E-state index is 11.9. The van der Waals surface area contributed by atoms with Crippen molar-refractivity contribution in [3.05, 3.63) is 59.7 Å². The van der Waals surface area contributed by atoms with E-state index >= 15 is 0 Å². The van der Waals surface area contributed by atoms with Gasteiger partial charge in [0.05, 0.1) is 6.54 Å². The lowest BCUT2D eigenvalue weighted by molar-refractivity contribution is 0.0360. The number of aliphatic hydroxyl groups is 1. The van der Waals surface area contributed by atoms with Crippen LogP contribution in [0.2, 0.25) is 0 Å². The van der Waals surface area contributed by atoms with Crippen molar-refractivity contribution in [3.63, 3.8) is 0 Å². The van der Waals surface area contributed by atoms with E-state index in [2.05, 4.69) is 10.6 Å². The molecule has 3 rings (SSSR count). The molecule has 6 nitrogen and oxygen atoms in total. The van der Waals surface area contributed by atoms with Crippen molar-refractivity contribution in [2.75, 3.05) is 13.1 Å². The first kappa shape index (κ1) is 17.1. The molecule has 0 spiro atoms. The third kappa shape index (κ3) is 4.22. The monoisotopic (exact) mass is 342 g/mol. The van der Waals surface area contributed by atoms with Crippen LogP contribution in [0.5, 0.6) is 0 Å². The molecule has 25 heavy (non-hydrogen) atoms. The molecular formula is C19H22N2O4. The van der Waals surface area contributed by atoms with E-state index in [4.69, 9.17) is 8.83 Å². The van der Waals surface area contributed by atoms with Gasteiger partial charge in [-0.15, -0.1) is 0 Å². The summed E-state index contributed by atoms with van der Waals surface area (Å²) in [7, 11) is 0. The molecule has 2 aromatic heterocycles. The third-order valence-corrected chi connectivity index (χ3v) is 4.00. The van der Waals surface area contributed by atoms with Crippen LogP contribution in [0.1, 0.15) is 24.2 Å². The van der Waals surface area contributed by atoms with E-state index in [0.29, 0.717) is 24.5 Å². The number of amides is 2. The van der Waals surface area contributed by atoms with Crippen molar-refractivity contribution in [2.45, 2.75) is 25.9 Å². The second kappa shape index (κ2) is 7.03. The fourth-order valence-electron chi connectivity index (χ4n) is 2.59. The minimum absolute atomic E-state index is 0.0520. The number of aryl methyl sites for hydroxylation is 1. The Labute approximate surface area is 145 Å². The van der Waals surface area contributed by atoms with Gasteiger partial charge in [0.1, 0.15) is 28.5 Å². The van der Waals surface area contributed by atoms with Gasteiger partial charge in [-0.05, 0) is 38.1 Å². The molecule has 6 heteroatoms. The van der Waals surface area contributed by atoms with Crippen LogP contribution in [-0.2, 0) is 12.0 Å². The minimum atomic E-state index is -1.26. The summed E-state index contributed by atoms with van der Waals surface area (Å²) in [6.45, 7) is 3.89. The molecular weight excluding hydrogens is 320 g/mol. The van der Waals surface area contributed by atoms with Gasteiger partial charge in [-0.25, -0.2) is 4.79 Å². The van der Waals surface area contributed by atoms with Gasteiger partial charge in [0.2, 0.25) is 0 Å². The number of fused-ring (bicyclic) bond motifs is 1. The molecule has 1 unspecified atom stereocenters. The van der Waals surface area contributed by atoms with E-state index in [-0.39, 0.29) is 12.6 Å². The Morgan fingerprint density at radius 3 is 2.68 bits per heavy atom. The smallest absolute Gasteiger partial charge is 0.314 e. The summed E-state index contributed by atoms with van der Waals surface area (Å²) < 4.78 is 11.1. The fourth-order valence-corrected chi connectivity index (χ4v) is 2.59. The van der Waals surface area contributed by atoms with E-state index in [1.165, 1.54) is 0 Å². The highest BCUT2D eigenvalue weighted by Crippen LogP contribution is 2.22. The average molecular weight is 342 g/mol. The Kier molecular flexibility index (Phi) is 4.81. The molecule has 0 radical (unpaired) electrons. The number of carbonyl (C=O) groups excluding carboxylic acids is 1. The summed E-state index contributed by atoms with van der Waals surface area (Å²) in [5.41, 5.74) is -0.420. The van der Waals surface area contributed by atoms with Gasteiger partial charge >= 0.3 is 6.03 Å². The Bertz CT molecular complexity index is 830. The molecule has 0 aliphatic carbocycles. The van der Waals surface area contributed by atoms with Gasteiger partial charge in [0.25, 0.3) is 0 Å². The number of nitrogens with one attached hydrogen (secondary N) is 2. The first-order chi connectivity index (χ1) is 11.9. The van der Waals surface area contributed by atoms with Crippen LogP contribution in [0.25, 0.3) is 11.0 Å². The van der Waals surface area contributed by atoms with Gasteiger partial charge in [-0.2, -0.15) is 0 Å². The first-order valence-electron chi connectivity index (χ1n) is 8.22. The number of benzene rings is 1. The molecule has 0 fully saturated rings. The van der Waals surface area contributed by atoms with Gasteiger partial charge in [0, 0.05) is 18.4 Å². The molecule has 1 aromatic carbocycles. The topological polar surface area (TPSA) is 87.6 Å². The summed E-state index contributed by atoms with van der Waals surface area (Å²) in [5, 5.41) is 16.8. The fraction of sp³-hybridized carbons (Fsp3) is 0.316. The van der Waals surface area contributed by atoms with Crippen molar-refractivity contribution in [1.82, 2.24) is 10.6 Å². The summed E-state index contributed by atoms with van der Waals surface area (Å²) in [6.07, 6.45) is 0.593. The lowest BCUT2D eigenvalue weighted by Gasteiger charge is -2.21. The molecule has 0 saturated carbocycles. The quantitative estimate of drug-likeness (QED) is 0.642. The molecule has 2 heterocycles. The highest BCUT2D eigenvalue weighted by atomic mass is 16.4. The molecule has 2 amide bonds. The molecule has 0 saturated heterocycles. The highest BCUT2D eigenvalue weighted by molar-refractivity contribution is 5.77. The lowest BCUT2D eigenvalue weighted by atomic mass is 10.0. The predicted octanol–water partition coefficient (Wildman–Crippen LogP) is 3.08. The zero-order valence-electron chi connectivity index (χ0n) is 14.3. The number of rotatable bonds is 6. The van der Waals surface area contributed by atoms with Crippen molar-refractivity contribution >= 4 is 17.0 Å². The van der Waals surface area contributed by atoms with Gasteiger partial charge in [-0.1, -0.05) is 18.2 Å². The zero-order valence-corrected chi connectivity index (χ0v) is 14.3. The number of hydrogen-bond acceptors (Lipinski definition) is 4. The standard InChI is InChI=1S/C19H22N2O4/c1-13-7-8-17(24-13)19(2,23)12-21-18(22)20-10-9-15-11-14-5-3-4-6-16(14)25-15/h3-8,11,23H,9-10,12H2,1-2H3,(H2,20,21,22). The van der Waals surface area contributed by atoms with Gasteiger partial charge < -0.3 is 24.6 Å². The molecule has 132 valence electrons. The Morgan fingerprint density at radius 2 is 1.96 bits per heavy atom. The first-order valence-corrected chi connectivity index (χ1v) is 8.22. The maximum Gasteiger partial charge on any atom is 0.314 e. The summed E-state index contributed by atoms with van der Waals surface area (Å²) in [4.78, 5) is 11.9. The third-order valence-electron chi connectivity index (χ3n) is 4.00. The molecule has 3 N–H and O–H groups in total. The van der Waals surface area contributed by atoms with Crippen molar-refractivity contribution in [2.24, 2.45) is 0 Å². The number of para-hydroxylation sites is 1. The van der Waals surface area contributed by atoms with E-state index in [0.717, 1.165) is 16.7 Å². The summed E-state index contributed by atoms with van der Waals surface area (Å²) >= 11 is 0. The van der Waals surface area contributed by atoms with Crippen LogP contribution in [-0.4, -0.2) is 24.2 Å². The van der Waals surface area contributed by atoms with Gasteiger partial charge in [-0.3, -0.25) is 0 Å². The molecule has 0 bridgehead atoms. The SMILES string of the molecule is Cc1ccc(C(C)(O)CNC(=O)NCCc2cc3ccccc3o2)o1. The lowest BCUT2D eigenvalue weighted by Crippen LogP contribution is -2.43. The minimum Gasteiger partial charge on any atom is -0.463 e. The second-order valence-electron chi connectivity index (χ2n) is 6.29. The highest BCUT2D eigenvalue weighted by Gasteiger charge is 2.27. The zero-order chi connectivity index (χ0) is 17.9. The number of furan rings is 2. The van der Waals surface area contributed by atoms with Crippen LogP contribution in [0.4, 0.5) is 4.79 Å². The van der Waals surface area contributed by atoms with Crippen molar-refractivity contribution < 1.29 is 18.7 Å². The normalized spacial score (nSPS) is 13.6. The predicted molar refractivity (Wildman–Crippen MR) is 94.3 cm³/mol. The summed E-state index contributed by atoms with van der Waals surface area (Å²) in [6, 6.07) is 12.9. The van der Waals surface area contributed by atoms with Crippen LogP contribution < -0.4 is 10.6 Å². The maximum atomic E-state index is 11.9. The van der Waals surface area contributed by atoms with Crippen LogP contribution in [0.15, 0.2) is 51.3 Å². The largest absolute Gasteiger partial charge is 0.463 e. The van der Waals surface area contributed by atoms with Crippen LogP contribution in [0, 0.1) is 6.92 Å². The molecule has 3 aromatic rings. The van der Waals surface area contributed by atoms with Crippen LogP contribution in [0.3, 0.4) is 0 Å². The Hall–Kier alpha value is -2.73. The number of carbonyl (C=O) groups is 1. The van der Waals surface area contributed by atoms with Crippen molar-refractivity contribution in [3.8, 4) is 0 Å². The summed E-state index contributed by atoms with van der Waals surface area (Å²) in [5.74, 6) is 1.96.